The van der Waals surface area contributed by atoms with Gasteiger partial charge in [-0.3, -0.25) is 19.7 Å². The lowest BCUT2D eigenvalue weighted by Crippen LogP contribution is -2.21. The normalized spacial score (nSPS) is 12.9. The molecule has 1 amide bonds. The molecule has 1 N–H and O–H groups in total. The first-order valence-electron chi connectivity index (χ1n) is 8.89. The van der Waals surface area contributed by atoms with Gasteiger partial charge in [-0.25, -0.2) is 9.97 Å². The molecule has 0 unspecified atom stereocenters. The van der Waals surface area contributed by atoms with E-state index in [1.165, 1.54) is 0 Å². The number of allylic oxidation sites excluding steroid dienone is 4. The zero-order chi connectivity index (χ0) is 19.0. The molecule has 4 rings (SSSR count). The van der Waals surface area contributed by atoms with Crippen LogP contribution >= 0.6 is 12.4 Å². The summed E-state index contributed by atoms with van der Waals surface area (Å²) in [5.41, 5.74) is 4.03. The second-order valence-electron chi connectivity index (χ2n) is 7.79. The van der Waals surface area contributed by atoms with Gasteiger partial charge in [0.25, 0.3) is 0 Å². The molecule has 0 saturated heterocycles. The summed E-state index contributed by atoms with van der Waals surface area (Å²) in [6.45, 7) is 6.11. The van der Waals surface area contributed by atoms with Gasteiger partial charge in [0.2, 0.25) is 11.9 Å². The van der Waals surface area contributed by atoms with Crippen LogP contribution in [0, 0.1) is 5.41 Å². The molecule has 0 bridgehead atoms. The van der Waals surface area contributed by atoms with E-state index in [1.807, 2.05) is 67.8 Å². The van der Waals surface area contributed by atoms with Gasteiger partial charge in [-0.15, -0.1) is 12.4 Å². The van der Waals surface area contributed by atoms with Crippen molar-refractivity contribution in [3.05, 3.63) is 54.9 Å². The van der Waals surface area contributed by atoms with E-state index in [9.17, 15) is 4.79 Å². The number of amides is 1. The van der Waals surface area contributed by atoms with Crippen molar-refractivity contribution in [3.8, 4) is 11.3 Å². The maximum atomic E-state index is 12.4. The summed E-state index contributed by atoms with van der Waals surface area (Å²) in [6, 6.07) is 7.69. The summed E-state index contributed by atoms with van der Waals surface area (Å²) in [5.74, 6) is 0.432. The van der Waals surface area contributed by atoms with Crippen LogP contribution in [-0.2, 0) is 4.79 Å². The van der Waals surface area contributed by atoms with E-state index >= 15 is 0 Å². The number of rotatable bonds is 4. The minimum atomic E-state index is -0.0949. The summed E-state index contributed by atoms with van der Waals surface area (Å²) in [4.78, 5) is 26.0. The lowest BCUT2D eigenvalue weighted by Gasteiger charge is -2.18. The van der Waals surface area contributed by atoms with Gasteiger partial charge in [0.15, 0.2) is 5.65 Å². The predicted molar refractivity (Wildman–Crippen MR) is 114 cm³/mol. The number of hydrogen-bond acceptors (Lipinski definition) is 4. The number of nitrogens with one attached hydrogen (secondary N) is 1. The Labute approximate surface area is 169 Å². The number of nitrogens with zero attached hydrogens (tertiary/aromatic N) is 4. The van der Waals surface area contributed by atoms with Crippen LogP contribution in [0.3, 0.4) is 0 Å². The molecule has 28 heavy (non-hydrogen) atoms. The third-order valence-electron chi connectivity index (χ3n) is 4.20. The number of aromatic nitrogens is 4. The molecule has 6 nitrogen and oxygen atoms in total. The molecule has 7 heteroatoms. The third-order valence-corrected chi connectivity index (χ3v) is 4.20. The fourth-order valence-electron chi connectivity index (χ4n) is 2.94. The Hall–Kier alpha value is -2.99. The maximum Gasteiger partial charge on any atom is 0.227 e. The molecule has 3 aromatic rings. The summed E-state index contributed by atoms with van der Waals surface area (Å²) in [5, 5.41) is 2.95. The van der Waals surface area contributed by atoms with Crippen LogP contribution < -0.4 is 5.32 Å². The average molecular weight is 396 g/mol. The molecule has 0 aromatic carbocycles. The van der Waals surface area contributed by atoms with Crippen LogP contribution in [-0.4, -0.2) is 25.4 Å². The molecule has 0 spiro atoms. The van der Waals surface area contributed by atoms with Gasteiger partial charge in [-0.1, -0.05) is 26.8 Å². The maximum absolute atomic E-state index is 12.4. The standard InChI is InChI=1S/C21H21N5O.ClH/c1-21(2,3)12-18(27)25-20-24-17-10-9-16(14-6-5-11-22-13-14)23-19(17)26(20)15-7-4-8-15;/h4-11,13H,12H2,1-3H3,(H,24,25,27);1H. The van der Waals surface area contributed by atoms with Crippen LogP contribution in [0.1, 0.15) is 27.2 Å². The van der Waals surface area contributed by atoms with E-state index in [2.05, 4.69) is 15.3 Å². The Balaban J connectivity index is 0.00000225. The Kier molecular flexibility index (Phi) is 5.34. The molecule has 0 atom stereocenters. The Morgan fingerprint density at radius 2 is 1.96 bits per heavy atom. The first kappa shape index (κ1) is 19.8. The number of fused-ring (bicyclic) bond motifs is 1. The van der Waals surface area contributed by atoms with Crippen LogP contribution in [0.25, 0.3) is 28.1 Å². The predicted octanol–water partition coefficient (Wildman–Crippen LogP) is 4.70. The van der Waals surface area contributed by atoms with Gasteiger partial charge < -0.3 is 0 Å². The van der Waals surface area contributed by atoms with Crippen molar-refractivity contribution in [1.29, 1.82) is 0 Å². The molecule has 144 valence electrons. The van der Waals surface area contributed by atoms with Crippen molar-refractivity contribution in [3.63, 3.8) is 0 Å². The van der Waals surface area contributed by atoms with Crippen LogP contribution in [0.5, 0.6) is 0 Å². The molecule has 3 aromatic heterocycles. The SMILES string of the molecule is CC(C)(C)CC(=O)Nc1nc2ccc(-c3cccnc3)nc2n1C1=CC=C1.Cl. The lowest BCUT2D eigenvalue weighted by atomic mass is 9.92. The fraction of sp³-hybridized carbons (Fsp3) is 0.238. The van der Waals surface area contributed by atoms with E-state index in [1.54, 1.807) is 12.4 Å². The molecule has 0 saturated carbocycles. The number of hydrogen-bond donors (Lipinski definition) is 1. The lowest BCUT2D eigenvalue weighted by molar-refractivity contribution is -0.117. The van der Waals surface area contributed by atoms with Gasteiger partial charge in [-0.05, 0) is 41.8 Å². The monoisotopic (exact) mass is 395 g/mol. The number of halogens is 1. The van der Waals surface area contributed by atoms with Crippen LogP contribution in [0.4, 0.5) is 5.95 Å². The molecule has 1 aliphatic rings. The minimum absolute atomic E-state index is 0. The average Bonchev–Trinajstić information content (AvgIpc) is 2.89. The second kappa shape index (κ2) is 7.56. The van der Waals surface area contributed by atoms with Gasteiger partial charge in [-0.2, -0.15) is 0 Å². The summed E-state index contributed by atoms with van der Waals surface area (Å²) in [6.07, 6.45) is 9.83. The van der Waals surface area contributed by atoms with Crippen molar-refractivity contribution >= 4 is 41.1 Å². The third kappa shape index (κ3) is 3.97. The molecule has 0 aliphatic heterocycles. The van der Waals surface area contributed by atoms with Crippen molar-refractivity contribution in [2.45, 2.75) is 27.2 Å². The van der Waals surface area contributed by atoms with Gasteiger partial charge in [0.1, 0.15) is 5.52 Å². The summed E-state index contributed by atoms with van der Waals surface area (Å²) < 4.78 is 1.88. The number of carbonyl (C=O) groups excluding carboxylic acids is 1. The van der Waals surface area contributed by atoms with Gasteiger partial charge in [0.05, 0.1) is 11.4 Å². The van der Waals surface area contributed by atoms with E-state index in [4.69, 9.17) is 4.98 Å². The van der Waals surface area contributed by atoms with Gasteiger partial charge in [0, 0.05) is 24.4 Å². The summed E-state index contributed by atoms with van der Waals surface area (Å²) in [7, 11) is 0. The van der Waals surface area contributed by atoms with E-state index in [-0.39, 0.29) is 23.7 Å². The fourth-order valence-corrected chi connectivity index (χ4v) is 2.94. The quantitative estimate of drug-likeness (QED) is 0.694. The minimum Gasteiger partial charge on any atom is -0.296 e. The number of anilines is 1. The van der Waals surface area contributed by atoms with E-state index in [0.29, 0.717) is 18.0 Å². The van der Waals surface area contributed by atoms with Crippen LogP contribution in [0.15, 0.2) is 54.9 Å². The Bertz CT molecular complexity index is 1080. The zero-order valence-corrected chi connectivity index (χ0v) is 16.8. The highest BCUT2D eigenvalue weighted by Crippen LogP contribution is 2.29. The van der Waals surface area contributed by atoms with E-state index in [0.717, 1.165) is 22.5 Å². The summed E-state index contributed by atoms with van der Waals surface area (Å²) >= 11 is 0. The van der Waals surface area contributed by atoms with E-state index < -0.39 is 0 Å². The number of imidazole rings is 1. The van der Waals surface area contributed by atoms with Crippen LogP contribution in [0.2, 0.25) is 0 Å². The Morgan fingerprint density at radius 3 is 2.57 bits per heavy atom. The molecule has 0 radical (unpaired) electrons. The van der Waals surface area contributed by atoms with Crippen molar-refractivity contribution in [2.75, 3.05) is 5.32 Å². The topological polar surface area (TPSA) is 72.7 Å². The molecular formula is C21H22ClN5O. The second-order valence-corrected chi connectivity index (χ2v) is 7.79. The Morgan fingerprint density at radius 1 is 1.18 bits per heavy atom. The first-order valence-corrected chi connectivity index (χ1v) is 8.89. The smallest absolute Gasteiger partial charge is 0.227 e. The van der Waals surface area contributed by atoms with Crippen molar-refractivity contribution < 1.29 is 4.79 Å². The number of pyridine rings is 2. The molecule has 3 heterocycles. The molecular weight excluding hydrogens is 374 g/mol. The largest absolute Gasteiger partial charge is 0.296 e. The first-order chi connectivity index (χ1) is 12.9. The highest BCUT2D eigenvalue weighted by molar-refractivity contribution is 5.94. The van der Waals surface area contributed by atoms with Crippen molar-refractivity contribution in [1.82, 2.24) is 19.5 Å². The zero-order valence-electron chi connectivity index (χ0n) is 16.0. The van der Waals surface area contributed by atoms with Gasteiger partial charge >= 0.3 is 0 Å². The van der Waals surface area contributed by atoms with Crippen molar-refractivity contribution in [2.24, 2.45) is 5.41 Å². The molecule has 1 aliphatic carbocycles. The number of carbonyl (C=O) groups is 1. The highest BCUT2D eigenvalue weighted by Gasteiger charge is 2.21. The molecule has 0 fully saturated rings. The highest BCUT2D eigenvalue weighted by atomic mass is 35.5.